The van der Waals surface area contributed by atoms with Gasteiger partial charge in [-0.25, -0.2) is 22.9 Å². The number of halogens is 4. The summed E-state index contributed by atoms with van der Waals surface area (Å²) in [5.41, 5.74) is 0.948. The Labute approximate surface area is 244 Å². The molecule has 0 aliphatic heterocycles. The van der Waals surface area contributed by atoms with E-state index >= 15 is 0 Å². The van der Waals surface area contributed by atoms with E-state index in [0.29, 0.717) is 39.7 Å². The van der Waals surface area contributed by atoms with Crippen LogP contribution >= 0.6 is 15.9 Å². The molecule has 0 unspecified atom stereocenters. The van der Waals surface area contributed by atoms with Crippen molar-refractivity contribution >= 4 is 54.6 Å². The average Bonchev–Trinajstić information content (AvgIpc) is 3.75. The van der Waals surface area contributed by atoms with Crippen molar-refractivity contribution in [3.8, 4) is 0 Å². The molecule has 222 valence electrons. The fraction of sp³-hybridized carbons (Fsp3) is 0.444. The molecule has 4 N–H and O–H groups in total. The third kappa shape index (κ3) is 9.01. The minimum absolute atomic E-state index is 0.291. The molecule has 0 atom stereocenters. The van der Waals surface area contributed by atoms with Crippen molar-refractivity contribution in [1.29, 1.82) is 0 Å². The van der Waals surface area contributed by atoms with Gasteiger partial charge in [-0.05, 0) is 90.6 Å². The number of nitrogens with one attached hydrogen (secondary N) is 3. The number of carbonyl (C=O) groups is 1. The lowest BCUT2D eigenvalue weighted by molar-refractivity contribution is -0.192. The van der Waals surface area contributed by atoms with Crippen molar-refractivity contribution < 1.29 is 31.5 Å². The molecule has 0 amide bonds. The highest BCUT2D eigenvalue weighted by atomic mass is 79.9. The predicted molar refractivity (Wildman–Crippen MR) is 153 cm³/mol. The Kier molecular flexibility index (Phi) is 10.1. The zero-order chi connectivity index (χ0) is 29.6. The number of benzene rings is 2. The highest BCUT2D eigenvalue weighted by molar-refractivity contribution is 9.10. The second-order valence-corrected chi connectivity index (χ2v) is 12.8. The van der Waals surface area contributed by atoms with Gasteiger partial charge in [-0.3, -0.25) is 0 Å². The number of aromatic nitrogens is 2. The number of nitrogens with zero attached hydrogens (tertiary/aromatic N) is 2. The minimum Gasteiger partial charge on any atom is -0.475 e. The summed E-state index contributed by atoms with van der Waals surface area (Å²) in [7, 11) is -3.51. The summed E-state index contributed by atoms with van der Waals surface area (Å²) in [5, 5.41) is 15.2. The van der Waals surface area contributed by atoms with Gasteiger partial charge in [0.05, 0.1) is 10.4 Å². The molecular formula is C27H31BrF3N5O4S. The summed E-state index contributed by atoms with van der Waals surface area (Å²) in [4.78, 5) is 18.7. The maximum atomic E-state index is 12.6. The monoisotopic (exact) mass is 657 g/mol. The summed E-state index contributed by atoms with van der Waals surface area (Å²) < 4.78 is 60.4. The number of anilines is 2. The third-order valence-corrected chi connectivity index (χ3v) is 9.40. The van der Waals surface area contributed by atoms with Crippen molar-refractivity contribution in [2.45, 2.75) is 55.6 Å². The number of carboxylic acid groups (broad SMARTS) is 1. The van der Waals surface area contributed by atoms with Crippen LogP contribution in [0, 0.1) is 11.8 Å². The molecule has 14 heteroatoms. The van der Waals surface area contributed by atoms with Crippen LogP contribution in [0.15, 0.2) is 57.9 Å². The molecule has 2 aliphatic carbocycles. The highest BCUT2D eigenvalue weighted by Crippen LogP contribution is 2.31. The average molecular weight is 659 g/mol. The maximum absolute atomic E-state index is 12.6. The number of alkyl halides is 3. The lowest BCUT2D eigenvalue weighted by Crippen LogP contribution is -2.32. The minimum atomic E-state index is -5.08. The molecule has 2 fully saturated rings. The Balaban J connectivity index is 0.000000493. The highest BCUT2D eigenvalue weighted by Gasteiger charge is 2.38. The van der Waals surface area contributed by atoms with Crippen LogP contribution in [0.5, 0.6) is 0 Å². The smallest absolute Gasteiger partial charge is 0.475 e. The van der Waals surface area contributed by atoms with Crippen molar-refractivity contribution in [2.75, 3.05) is 23.7 Å². The van der Waals surface area contributed by atoms with Crippen molar-refractivity contribution in [3.05, 3.63) is 53.0 Å². The van der Waals surface area contributed by atoms with Crippen LogP contribution in [0.2, 0.25) is 0 Å². The normalized spacial score (nSPS) is 19.2. The van der Waals surface area contributed by atoms with Crippen LogP contribution in [0.4, 0.5) is 24.9 Å². The van der Waals surface area contributed by atoms with E-state index in [9.17, 15) is 21.6 Å². The summed E-state index contributed by atoms with van der Waals surface area (Å²) in [6.07, 6.45) is 1.46. The molecule has 1 aromatic heterocycles. The van der Waals surface area contributed by atoms with E-state index in [4.69, 9.17) is 19.9 Å². The Morgan fingerprint density at radius 2 is 1.51 bits per heavy atom. The standard InChI is InChI=1S/C25H30BrN5O2S.C2HF3O2/c26-21-6-2-4-8-23(21)34(32,33)28-16-18-11-9-17(10-12-18)15-27-25-30-22-7-3-1-5-20(22)24(31-25)29-19-13-14-19;3-2(4,5)1(6)7/h1-8,17-19,28H,9-16H2,(H2,27,29,30,31);(H,6,7). The number of para-hydroxylation sites is 1. The van der Waals surface area contributed by atoms with Crippen molar-refractivity contribution in [3.63, 3.8) is 0 Å². The van der Waals surface area contributed by atoms with Gasteiger partial charge in [0, 0.05) is 29.0 Å². The summed E-state index contributed by atoms with van der Waals surface area (Å²) in [5.74, 6) is -0.278. The van der Waals surface area contributed by atoms with E-state index < -0.39 is 22.2 Å². The Hall–Kier alpha value is -2.97. The van der Waals surface area contributed by atoms with Crippen molar-refractivity contribution in [2.24, 2.45) is 11.8 Å². The Morgan fingerprint density at radius 1 is 0.927 bits per heavy atom. The second-order valence-electron chi connectivity index (χ2n) is 10.2. The summed E-state index contributed by atoms with van der Waals surface area (Å²) in [6, 6.07) is 15.6. The molecule has 0 spiro atoms. The van der Waals surface area contributed by atoms with E-state index in [1.807, 2.05) is 24.3 Å². The van der Waals surface area contributed by atoms with Crippen molar-refractivity contribution in [1.82, 2.24) is 14.7 Å². The number of sulfonamides is 1. The van der Waals surface area contributed by atoms with Gasteiger partial charge in [0.1, 0.15) is 5.82 Å². The topological polar surface area (TPSA) is 133 Å². The number of fused-ring (bicyclic) bond motifs is 1. The molecule has 2 aliphatic rings. The zero-order valence-electron chi connectivity index (χ0n) is 22.0. The van der Waals surface area contributed by atoms with E-state index in [-0.39, 0.29) is 0 Å². The fourth-order valence-electron chi connectivity index (χ4n) is 4.53. The Morgan fingerprint density at radius 3 is 2.12 bits per heavy atom. The van der Waals surface area contributed by atoms with Gasteiger partial charge in [0.15, 0.2) is 0 Å². The molecule has 3 aromatic rings. The second kappa shape index (κ2) is 13.3. The first-order valence-corrected chi connectivity index (χ1v) is 15.5. The third-order valence-electron chi connectivity index (χ3n) is 6.97. The van der Waals surface area contributed by atoms with Crippen LogP contribution in [-0.4, -0.2) is 54.8 Å². The zero-order valence-corrected chi connectivity index (χ0v) is 24.4. The molecular weight excluding hydrogens is 627 g/mol. The SMILES string of the molecule is O=C(O)C(F)(F)F.O=S(=O)(NCC1CCC(CNc2nc(NC3CC3)c3ccccc3n2)CC1)c1ccccc1Br. The van der Waals surface area contributed by atoms with Crippen LogP contribution in [0.3, 0.4) is 0 Å². The van der Waals surface area contributed by atoms with E-state index in [1.165, 1.54) is 12.8 Å². The largest absolute Gasteiger partial charge is 0.490 e. The van der Waals surface area contributed by atoms with Crippen LogP contribution < -0.4 is 15.4 Å². The molecule has 0 saturated heterocycles. The van der Waals surface area contributed by atoms with Crippen LogP contribution in [0.1, 0.15) is 38.5 Å². The van der Waals surface area contributed by atoms with Gasteiger partial charge in [-0.1, -0.05) is 24.3 Å². The molecule has 2 saturated carbocycles. The van der Waals surface area contributed by atoms with E-state index in [2.05, 4.69) is 37.4 Å². The van der Waals surface area contributed by atoms with Gasteiger partial charge in [-0.2, -0.15) is 18.2 Å². The quantitative estimate of drug-likeness (QED) is 0.227. The van der Waals surface area contributed by atoms with E-state index in [0.717, 1.165) is 48.9 Å². The molecule has 0 radical (unpaired) electrons. The van der Waals surface area contributed by atoms with Gasteiger partial charge in [0.2, 0.25) is 16.0 Å². The first-order chi connectivity index (χ1) is 19.4. The predicted octanol–water partition coefficient (Wildman–Crippen LogP) is 5.80. The Bertz CT molecular complexity index is 1460. The number of hydrogen-bond acceptors (Lipinski definition) is 7. The molecule has 5 rings (SSSR count). The van der Waals surface area contributed by atoms with Gasteiger partial charge in [0.25, 0.3) is 0 Å². The first kappa shape index (κ1) is 31.0. The van der Waals surface area contributed by atoms with Gasteiger partial charge >= 0.3 is 12.1 Å². The van der Waals surface area contributed by atoms with Gasteiger partial charge < -0.3 is 15.7 Å². The fourth-order valence-corrected chi connectivity index (χ4v) is 6.65. The van der Waals surface area contributed by atoms with Crippen LogP contribution in [0.25, 0.3) is 10.9 Å². The lowest BCUT2D eigenvalue weighted by atomic mass is 9.82. The molecule has 0 bridgehead atoms. The number of hydrogen-bond donors (Lipinski definition) is 4. The molecule has 41 heavy (non-hydrogen) atoms. The summed E-state index contributed by atoms with van der Waals surface area (Å²) in [6.45, 7) is 1.31. The number of rotatable bonds is 9. The molecule has 9 nitrogen and oxygen atoms in total. The van der Waals surface area contributed by atoms with Gasteiger partial charge in [-0.15, -0.1) is 0 Å². The molecule has 2 aromatic carbocycles. The molecule has 1 heterocycles. The number of aliphatic carboxylic acids is 1. The maximum Gasteiger partial charge on any atom is 0.490 e. The first-order valence-electron chi connectivity index (χ1n) is 13.2. The van der Waals surface area contributed by atoms with E-state index in [1.54, 1.807) is 18.2 Å². The summed E-state index contributed by atoms with van der Waals surface area (Å²) >= 11 is 3.33. The lowest BCUT2D eigenvalue weighted by Gasteiger charge is -2.28. The van der Waals surface area contributed by atoms with Crippen LogP contribution in [-0.2, 0) is 14.8 Å². The number of carboxylic acids is 1.